The maximum absolute atomic E-state index is 12.4. The Morgan fingerprint density at radius 1 is 0.500 bits per heavy atom. The topological polar surface area (TPSA) is 95.9 Å². The molecule has 3 N–H and O–H groups in total. The third-order valence-corrected chi connectivity index (χ3v) is 10.6. The van der Waals surface area contributed by atoms with Crippen LogP contribution in [-0.2, 0) is 14.3 Å². The SMILES string of the molecule is CCCC/C=C\CCCCCCCC(=O)OCCCCCCCC/C=C\C/C=C\CCC(=O)NC(CO)C(O)/C=C/CCCCCCCCCCCCCCC. The van der Waals surface area contributed by atoms with Crippen LogP contribution in [0.1, 0.15) is 232 Å². The molecule has 6 nitrogen and oxygen atoms in total. The fourth-order valence-electron chi connectivity index (χ4n) is 6.84. The standard InChI is InChI=1S/C50H91NO5/c1-3-5-7-9-11-13-15-16-17-19-23-26-30-34-38-42-48(53)47(46-52)51-49(54)43-39-35-31-27-24-20-18-21-25-29-33-37-41-45-56-50(55)44-40-36-32-28-22-14-12-10-8-6-4-2/h10,12,20,24,31,35,38,42,47-48,52-53H,3-9,11,13-19,21-23,25-30,32-34,36-37,39-41,43-46H2,1-2H3,(H,51,54)/b12-10-,24-20-,35-31-,42-38+. The Morgan fingerprint density at radius 3 is 1.46 bits per heavy atom. The van der Waals surface area contributed by atoms with Gasteiger partial charge in [-0.05, 0) is 70.6 Å². The number of aliphatic hydroxyl groups is 2. The van der Waals surface area contributed by atoms with Crippen LogP contribution >= 0.6 is 0 Å². The fraction of sp³-hybridized carbons (Fsp3) is 0.800. The highest BCUT2D eigenvalue weighted by atomic mass is 16.5. The first-order chi connectivity index (χ1) is 27.5. The highest BCUT2D eigenvalue weighted by Gasteiger charge is 2.17. The molecule has 0 aliphatic rings. The first-order valence-corrected chi connectivity index (χ1v) is 23.9. The minimum atomic E-state index is -0.879. The number of hydrogen-bond acceptors (Lipinski definition) is 5. The van der Waals surface area contributed by atoms with Gasteiger partial charge in [0.2, 0.25) is 5.91 Å². The predicted octanol–water partition coefficient (Wildman–Crippen LogP) is 13.9. The largest absolute Gasteiger partial charge is 0.466 e. The third kappa shape index (κ3) is 41.5. The Hall–Kier alpha value is -2.18. The number of nitrogens with one attached hydrogen (secondary N) is 1. The summed E-state index contributed by atoms with van der Waals surface area (Å²) in [7, 11) is 0. The van der Waals surface area contributed by atoms with Gasteiger partial charge in [0.05, 0.1) is 25.4 Å². The van der Waals surface area contributed by atoms with Crippen LogP contribution in [0, 0.1) is 0 Å². The summed E-state index contributed by atoms with van der Waals surface area (Å²) in [5.74, 6) is -0.181. The van der Waals surface area contributed by atoms with Crippen molar-refractivity contribution in [2.24, 2.45) is 0 Å². The molecule has 0 rings (SSSR count). The summed E-state index contributed by atoms with van der Waals surface area (Å²) in [6.07, 6.45) is 55.4. The van der Waals surface area contributed by atoms with Gasteiger partial charge in [-0.3, -0.25) is 9.59 Å². The van der Waals surface area contributed by atoms with Gasteiger partial charge in [-0.15, -0.1) is 0 Å². The number of aliphatic hydroxyl groups excluding tert-OH is 2. The van der Waals surface area contributed by atoms with Crippen LogP contribution in [0.4, 0.5) is 0 Å². The van der Waals surface area contributed by atoms with Gasteiger partial charge in [0.1, 0.15) is 0 Å². The van der Waals surface area contributed by atoms with Gasteiger partial charge in [-0.1, -0.05) is 197 Å². The molecule has 0 aromatic carbocycles. The Labute approximate surface area is 346 Å². The van der Waals surface area contributed by atoms with E-state index in [4.69, 9.17) is 4.74 Å². The number of carbonyl (C=O) groups excluding carboxylic acids is 2. The minimum absolute atomic E-state index is 0.0307. The van der Waals surface area contributed by atoms with E-state index in [0.717, 1.165) is 51.4 Å². The second-order valence-corrected chi connectivity index (χ2v) is 16.1. The maximum atomic E-state index is 12.4. The molecule has 0 heterocycles. The first-order valence-electron chi connectivity index (χ1n) is 23.9. The molecule has 1 amide bonds. The second kappa shape index (κ2) is 45.5. The second-order valence-electron chi connectivity index (χ2n) is 16.1. The molecule has 0 fully saturated rings. The Kier molecular flexibility index (Phi) is 43.7. The van der Waals surface area contributed by atoms with Gasteiger partial charge < -0.3 is 20.3 Å². The monoisotopic (exact) mass is 786 g/mol. The zero-order valence-corrected chi connectivity index (χ0v) is 36.8. The van der Waals surface area contributed by atoms with E-state index in [9.17, 15) is 19.8 Å². The molecule has 0 radical (unpaired) electrons. The lowest BCUT2D eigenvalue weighted by molar-refractivity contribution is -0.143. The van der Waals surface area contributed by atoms with Crippen molar-refractivity contribution < 1.29 is 24.5 Å². The predicted molar refractivity (Wildman–Crippen MR) is 241 cm³/mol. The zero-order chi connectivity index (χ0) is 40.8. The molecule has 0 saturated carbocycles. The van der Waals surface area contributed by atoms with Crippen molar-refractivity contribution in [2.75, 3.05) is 13.2 Å². The summed E-state index contributed by atoms with van der Waals surface area (Å²) in [5, 5.41) is 22.9. The molecule has 0 aliphatic heterocycles. The molecule has 0 saturated heterocycles. The van der Waals surface area contributed by atoms with Gasteiger partial charge in [-0.25, -0.2) is 0 Å². The quantitative estimate of drug-likeness (QED) is 0.0325. The van der Waals surface area contributed by atoms with E-state index in [1.165, 1.54) is 148 Å². The lowest BCUT2D eigenvalue weighted by Crippen LogP contribution is -2.45. The Balaban J connectivity index is 3.63. The normalized spacial score (nSPS) is 13.1. The van der Waals surface area contributed by atoms with Crippen LogP contribution in [0.3, 0.4) is 0 Å². The lowest BCUT2D eigenvalue weighted by Gasteiger charge is -2.19. The maximum Gasteiger partial charge on any atom is 0.305 e. The number of rotatable bonds is 43. The molecule has 6 heteroatoms. The van der Waals surface area contributed by atoms with Crippen LogP contribution < -0.4 is 5.32 Å². The van der Waals surface area contributed by atoms with E-state index in [-0.39, 0.29) is 18.5 Å². The highest BCUT2D eigenvalue weighted by molar-refractivity contribution is 5.76. The van der Waals surface area contributed by atoms with Crippen LogP contribution in [0.5, 0.6) is 0 Å². The number of allylic oxidation sites excluding steroid dienone is 7. The smallest absolute Gasteiger partial charge is 0.305 e. The molecule has 0 aromatic rings. The van der Waals surface area contributed by atoms with Gasteiger partial charge in [0, 0.05) is 12.8 Å². The van der Waals surface area contributed by atoms with Crippen molar-refractivity contribution in [1.29, 1.82) is 0 Å². The van der Waals surface area contributed by atoms with Gasteiger partial charge in [-0.2, -0.15) is 0 Å². The van der Waals surface area contributed by atoms with Crippen LogP contribution in [0.25, 0.3) is 0 Å². The van der Waals surface area contributed by atoms with E-state index in [1.807, 2.05) is 12.2 Å². The molecule has 2 unspecified atom stereocenters. The average Bonchev–Trinajstić information content (AvgIpc) is 3.20. The fourth-order valence-corrected chi connectivity index (χ4v) is 6.84. The van der Waals surface area contributed by atoms with E-state index in [1.54, 1.807) is 6.08 Å². The van der Waals surface area contributed by atoms with E-state index >= 15 is 0 Å². The summed E-state index contributed by atoms with van der Waals surface area (Å²) in [4.78, 5) is 24.3. The minimum Gasteiger partial charge on any atom is -0.466 e. The van der Waals surface area contributed by atoms with Crippen molar-refractivity contribution in [3.8, 4) is 0 Å². The molecule has 0 spiro atoms. The molecule has 0 aliphatic carbocycles. The Bertz CT molecular complexity index is 957. The highest BCUT2D eigenvalue weighted by Crippen LogP contribution is 2.14. The lowest BCUT2D eigenvalue weighted by atomic mass is 10.0. The molecule has 326 valence electrons. The zero-order valence-electron chi connectivity index (χ0n) is 36.8. The van der Waals surface area contributed by atoms with Crippen molar-refractivity contribution in [2.45, 2.75) is 244 Å². The molecule has 56 heavy (non-hydrogen) atoms. The van der Waals surface area contributed by atoms with Crippen LogP contribution in [-0.4, -0.2) is 47.4 Å². The van der Waals surface area contributed by atoms with E-state index in [0.29, 0.717) is 25.9 Å². The summed E-state index contributed by atoms with van der Waals surface area (Å²) in [5.41, 5.74) is 0. The number of hydrogen-bond donors (Lipinski definition) is 3. The van der Waals surface area contributed by atoms with Gasteiger partial charge in [0.15, 0.2) is 0 Å². The number of amides is 1. The van der Waals surface area contributed by atoms with Gasteiger partial charge in [0.25, 0.3) is 0 Å². The molecule has 0 bridgehead atoms. The molecule has 0 aromatic heterocycles. The summed E-state index contributed by atoms with van der Waals surface area (Å²) in [6, 6.07) is -0.672. The summed E-state index contributed by atoms with van der Waals surface area (Å²) in [6.45, 7) is 4.78. The average molecular weight is 786 g/mol. The van der Waals surface area contributed by atoms with Crippen LogP contribution in [0.2, 0.25) is 0 Å². The number of carbonyl (C=O) groups is 2. The summed E-state index contributed by atoms with van der Waals surface area (Å²) >= 11 is 0. The van der Waals surface area contributed by atoms with Crippen molar-refractivity contribution in [1.82, 2.24) is 5.32 Å². The molecule has 2 atom stereocenters. The van der Waals surface area contributed by atoms with Gasteiger partial charge >= 0.3 is 5.97 Å². The van der Waals surface area contributed by atoms with Crippen molar-refractivity contribution in [3.05, 3.63) is 48.6 Å². The third-order valence-electron chi connectivity index (χ3n) is 10.6. The number of esters is 1. The summed E-state index contributed by atoms with van der Waals surface area (Å²) < 4.78 is 5.42. The number of unbranched alkanes of at least 4 members (excludes halogenated alkanes) is 26. The van der Waals surface area contributed by atoms with Crippen molar-refractivity contribution >= 4 is 11.9 Å². The van der Waals surface area contributed by atoms with Crippen molar-refractivity contribution in [3.63, 3.8) is 0 Å². The Morgan fingerprint density at radius 2 is 0.929 bits per heavy atom. The molecular formula is C50H91NO5. The number of ether oxygens (including phenoxy) is 1. The first kappa shape index (κ1) is 53.8. The van der Waals surface area contributed by atoms with Crippen LogP contribution in [0.15, 0.2) is 48.6 Å². The van der Waals surface area contributed by atoms with E-state index in [2.05, 4.69) is 49.5 Å². The molecular weight excluding hydrogens is 695 g/mol. The van der Waals surface area contributed by atoms with E-state index < -0.39 is 12.1 Å².